The van der Waals surface area contributed by atoms with Crippen LogP contribution in [-0.2, 0) is 0 Å². The van der Waals surface area contributed by atoms with Crippen LogP contribution in [0, 0.1) is 20.7 Å². The molecule has 1 aromatic carbocycles. The Morgan fingerprint density at radius 2 is 2.27 bits per heavy atom. The second-order valence-electron chi connectivity index (χ2n) is 3.29. The topological polar surface area (TPSA) is 33.0 Å². The van der Waals surface area contributed by atoms with Gasteiger partial charge in [-0.25, -0.2) is 4.39 Å². The van der Waals surface area contributed by atoms with Crippen LogP contribution in [0.4, 0.5) is 4.39 Å². The molecule has 0 spiro atoms. The van der Waals surface area contributed by atoms with E-state index in [1.54, 1.807) is 22.6 Å². The van der Waals surface area contributed by atoms with Crippen LogP contribution >= 0.6 is 34.2 Å². The van der Waals surface area contributed by atoms with Gasteiger partial charge < -0.3 is 4.74 Å². The van der Waals surface area contributed by atoms with Gasteiger partial charge >= 0.3 is 0 Å². The van der Waals surface area contributed by atoms with Gasteiger partial charge in [0.1, 0.15) is 17.4 Å². The summed E-state index contributed by atoms with van der Waals surface area (Å²) in [6.45, 7) is 0. The molecular weight excluding hydrogens is 331 g/mol. The van der Waals surface area contributed by atoms with Crippen molar-refractivity contribution in [1.82, 2.24) is 0 Å². The zero-order valence-corrected chi connectivity index (χ0v) is 10.5. The summed E-state index contributed by atoms with van der Waals surface area (Å²) in [5.74, 6) is -0.173. The highest BCUT2D eigenvalue weighted by Gasteiger charge is 2.26. The Hall–Kier alpha value is -0.540. The van der Waals surface area contributed by atoms with Gasteiger partial charge in [-0.15, -0.1) is 0 Å². The van der Waals surface area contributed by atoms with E-state index in [-0.39, 0.29) is 20.3 Å². The number of nitriles is 1. The lowest BCUT2D eigenvalue weighted by molar-refractivity contribution is 0.301. The van der Waals surface area contributed by atoms with Crippen molar-refractivity contribution in [2.75, 3.05) is 0 Å². The fourth-order valence-corrected chi connectivity index (χ4v) is 2.17. The molecule has 0 bridgehead atoms. The first-order valence-electron chi connectivity index (χ1n) is 4.37. The lowest BCUT2D eigenvalue weighted by Crippen LogP contribution is -2.01. The Morgan fingerprint density at radius 3 is 2.80 bits per heavy atom. The summed E-state index contributed by atoms with van der Waals surface area (Å²) < 4.78 is 19.1. The Kier molecular flexibility index (Phi) is 3.03. The predicted octanol–water partition coefficient (Wildman–Crippen LogP) is 3.50. The maximum Gasteiger partial charge on any atom is 0.156 e. The third-order valence-corrected chi connectivity index (χ3v) is 3.34. The van der Waals surface area contributed by atoms with E-state index in [1.165, 1.54) is 6.07 Å². The number of nitrogens with zero attached hydrogens (tertiary/aromatic N) is 1. The van der Waals surface area contributed by atoms with E-state index in [4.69, 9.17) is 21.6 Å². The van der Waals surface area contributed by atoms with Gasteiger partial charge in [-0.05, 0) is 35.4 Å². The summed E-state index contributed by atoms with van der Waals surface area (Å²) >= 11 is 7.44. The summed E-state index contributed by atoms with van der Waals surface area (Å²) in [5.41, 5.74) is 0.226. The SMILES string of the molecule is N#Cc1c(OC2CC2)cc(Cl)c(F)c1I. The Labute approximate surface area is 105 Å². The van der Waals surface area contributed by atoms with Crippen LogP contribution in [0.1, 0.15) is 18.4 Å². The minimum Gasteiger partial charge on any atom is -0.489 e. The molecule has 0 N–H and O–H groups in total. The van der Waals surface area contributed by atoms with Crippen LogP contribution in [0.5, 0.6) is 5.75 Å². The molecule has 0 radical (unpaired) electrons. The van der Waals surface area contributed by atoms with Crippen LogP contribution in [0.3, 0.4) is 0 Å². The molecule has 1 saturated carbocycles. The number of benzene rings is 1. The van der Waals surface area contributed by atoms with Crippen LogP contribution in [0.15, 0.2) is 6.07 Å². The molecule has 2 nitrogen and oxygen atoms in total. The molecule has 0 aliphatic heterocycles. The van der Waals surface area contributed by atoms with E-state index in [9.17, 15) is 4.39 Å². The minimum absolute atomic E-state index is 0.00551. The molecular formula is C10H6ClFINO. The van der Waals surface area contributed by atoms with Gasteiger partial charge in [0.05, 0.1) is 14.7 Å². The maximum atomic E-state index is 13.4. The first-order chi connectivity index (χ1) is 7.13. The van der Waals surface area contributed by atoms with Crippen molar-refractivity contribution in [2.45, 2.75) is 18.9 Å². The Balaban J connectivity index is 2.47. The van der Waals surface area contributed by atoms with Crippen molar-refractivity contribution in [3.05, 3.63) is 26.0 Å². The third kappa shape index (κ3) is 2.18. The number of rotatable bonds is 2. The molecule has 0 amide bonds. The van der Waals surface area contributed by atoms with Crippen molar-refractivity contribution in [2.24, 2.45) is 0 Å². The van der Waals surface area contributed by atoms with Gasteiger partial charge in [0.25, 0.3) is 0 Å². The van der Waals surface area contributed by atoms with E-state index < -0.39 is 5.82 Å². The summed E-state index contributed by atoms with van der Waals surface area (Å²) in [4.78, 5) is 0. The smallest absolute Gasteiger partial charge is 0.156 e. The van der Waals surface area contributed by atoms with Gasteiger partial charge in [-0.2, -0.15) is 5.26 Å². The van der Waals surface area contributed by atoms with Gasteiger partial charge in [0.2, 0.25) is 0 Å². The molecule has 5 heteroatoms. The molecule has 1 fully saturated rings. The fraction of sp³-hybridized carbons (Fsp3) is 0.300. The fourth-order valence-electron chi connectivity index (χ4n) is 1.14. The van der Waals surface area contributed by atoms with E-state index in [0.717, 1.165) is 12.8 Å². The average molecular weight is 338 g/mol. The first kappa shape index (κ1) is 11.0. The van der Waals surface area contributed by atoms with E-state index >= 15 is 0 Å². The molecule has 0 heterocycles. The molecule has 0 atom stereocenters. The highest BCUT2D eigenvalue weighted by Crippen LogP contribution is 2.35. The van der Waals surface area contributed by atoms with Gasteiger partial charge in [-0.3, -0.25) is 0 Å². The lowest BCUT2D eigenvalue weighted by atomic mass is 10.2. The minimum atomic E-state index is -0.558. The maximum absolute atomic E-state index is 13.4. The van der Waals surface area contributed by atoms with Crippen LogP contribution < -0.4 is 4.74 Å². The summed E-state index contributed by atoms with van der Waals surface area (Å²) in [7, 11) is 0. The lowest BCUT2D eigenvalue weighted by Gasteiger charge is -2.09. The van der Waals surface area contributed by atoms with E-state index in [1.807, 2.05) is 6.07 Å². The molecule has 0 saturated heterocycles. The molecule has 1 aliphatic rings. The van der Waals surface area contributed by atoms with E-state index in [0.29, 0.717) is 5.75 Å². The van der Waals surface area contributed by atoms with Gasteiger partial charge in [0.15, 0.2) is 5.82 Å². The predicted molar refractivity (Wildman–Crippen MR) is 62.5 cm³/mol. The third-order valence-electron chi connectivity index (χ3n) is 2.06. The number of halogens is 3. The second-order valence-corrected chi connectivity index (χ2v) is 4.77. The summed E-state index contributed by atoms with van der Waals surface area (Å²) in [5, 5.41) is 8.90. The molecule has 1 aromatic rings. The van der Waals surface area contributed by atoms with Crippen molar-refractivity contribution in [1.29, 1.82) is 5.26 Å². The van der Waals surface area contributed by atoms with Crippen LogP contribution in [-0.4, -0.2) is 6.10 Å². The molecule has 15 heavy (non-hydrogen) atoms. The molecule has 1 aliphatic carbocycles. The Morgan fingerprint density at radius 1 is 1.60 bits per heavy atom. The molecule has 0 unspecified atom stereocenters. The normalized spacial score (nSPS) is 14.8. The first-order valence-corrected chi connectivity index (χ1v) is 5.83. The standard InChI is InChI=1S/C10H6ClFINO/c11-7-3-8(15-5-1-2-5)6(4-14)10(13)9(7)12/h3,5H,1-2H2. The monoisotopic (exact) mass is 337 g/mol. The summed E-state index contributed by atoms with van der Waals surface area (Å²) in [6, 6.07) is 3.30. The van der Waals surface area contributed by atoms with Crippen molar-refractivity contribution >= 4 is 34.2 Å². The van der Waals surface area contributed by atoms with Gasteiger partial charge in [-0.1, -0.05) is 11.6 Å². The van der Waals surface area contributed by atoms with Crippen LogP contribution in [0.2, 0.25) is 5.02 Å². The summed E-state index contributed by atoms with van der Waals surface area (Å²) in [6.07, 6.45) is 2.13. The second kappa shape index (κ2) is 4.14. The molecule has 0 aromatic heterocycles. The zero-order valence-electron chi connectivity index (χ0n) is 7.56. The average Bonchev–Trinajstić information content (AvgIpc) is 2.99. The quantitative estimate of drug-likeness (QED) is 0.611. The Bertz CT molecular complexity index is 454. The molecule has 2 rings (SSSR count). The van der Waals surface area contributed by atoms with Gasteiger partial charge in [0, 0.05) is 6.07 Å². The largest absolute Gasteiger partial charge is 0.489 e. The van der Waals surface area contributed by atoms with Crippen LogP contribution in [0.25, 0.3) is 0 Å². The number of hydrogen-bond acceptors (Lipinski definition) is 2. The highest BCUT2D eigenvalue weighted by atomic mass is 127. The number of ether oxygens (including phenoxy) is 1. The highest BCUT2D eigenvalue weighted by molar-refractivity contribution is 14.1. The van der Waals surface area contributed by atoms with Crippen molar-refractivity contribution in [3.8, 4) is 11.8 Å². The number of hydrogen-bond donors (Lipinski definition) is 0. The zero-order chi connectivity index (χ0) is 11.0. The molecule has 78 valence electrons. The van der Waals surface area contributed by atoms with Crippen molar-refractivity contribution < 1.29 is 9.13 Å². The van der Waals surface area contributed by atoms with E-state index in [2.05, 4.69) is 0 Å². The van der Waals surface area contributed by atoms with Crippen molar-refractivity contribution in [3.63, 3.8) is 0 Å².